The molecule has 0 amide bonds. The van der Waals surface area contributed by atoms with Gasteiger partial charge in [-0.25, -0.2) is 0 Å². The highest BCUT2D eigenvalue weighted by atomic mass is 35.5. The lowest BCUT2D eigenvalue weighted by Gasteiger charge is -2.26. The molecule has 0 heterocycles. The van der Waals surface area contributed by atoms with E-state index in [9.17, 15) is 0 Å². The minimum absolute atomic E-state index is 0.185. The van der Waals surface area contributed by atoms with E-state index < -0.39 is 0 Å². The summed E-state index contributed by atoms with van der Waals surface area (Å²) >= 11 is 6.08. The van der Waals surface area contributed by atoms with Gasteiger partial charge in [0.1, 0.15) is 5.75 Å². The summed E-state index contributed by atoms with van der Waals surface area (Å²) in [7, 11) is 1.64. The minimum Gasteiger partial charge on any atom is -0.495 e. The van der Waals surface area contributed by atoms with Gasteiger partial charge in [-0.05, 0) is 36.5 Å². The topological polar surface area (TPSA) is 47.3 Å². The van der Waals surface area contributed by atoms with Crippen LogP contribution in [0.25, 0.3) is 0 Å². The molecular weight excluding hydrogens is 260 g/mol. The van der Waals surface area contributed by atoms with Gasteiger partial charge in [-0.3, -0.25) is 11.3 Å². The van der Waals surface area contributed by atoms with Crippen LogP contribution in [-0.2, 0) is 0 Å². The molecule has 0 aliphatic heterocycles. The van der Waals surface area contributed by atoms with Crippen LogP contribution in [0.15, 0.2) is 18.2 Å². The predicted octanol–water partition coefficient (Wildman–Crippen LogP) is 3.82. The molecule has 1 atom stereocenters. The second kappa shape index (κ2) is 7.13. The van der Waals surface area contributed by atoms with Crippen LogP contribution in [0.4, 0.5) is 0 Å². The third-order valence-electron chi connectivity index (χ3n) is 4.09. The van der Waals surface area contributed by atoms with E-state index in [1.807, 2.05) is 18.2 Å². The number of hydrogen-bond donors (Lipinski definition) is 2. The number of ether oxygens (including phenoxy) is 1. The molecule has 1 unspecified atom stereocenters. The lowest BCUT2D eigenvalue weighted by Crippen LogP contribution is -2.33. The molecule has 0 aromatic heterocycles. The molecule has 3 N–H and O–H groups in total. The average molecular weight is 283 g/mol. The summed E-state index contributed by atoms with van der Waals surface area (Å²) in [6.45, 7) is 0. The zero-order valence-electron chi connectivity index (χ0n) is 11.5. The lowest BCUT2D eigenvalue weighted by atomic mass is 9.87. The number of hydrogen-bond acceptors (Lipinski definition) is 3. The van der Waals surface area contributed by atoms with Crippen molar-refractivity contribution in [2.24, 2.45) is 11.8 Å². The lowest BCUT2D eigenvalue weighted by molar-refractivity contribution is 0.327. The Morgan fingerprint density at radius 2 is 1.95 bits per heavy atom. The summed E-state index contributed by atoms with van der Waals surface area (Å²) in [6.07, 6.45) is 7.76. The number of nitrogens with two attached hydrogens (primary N) is 1. The molecule has 1 saturated carbocycles. The molecule has 2 rings (SSSR count). The van der Waals surface area contributed by atoms with Crippen LogP contribution < -0.4 is 16.0 Å². The van der Waals surface area contributed by atoms with Gasteiger partial charge in [0.2, 0.25) is 0 Å². The number of rotatable bonds is 4. The summed E-state index contributed by atoms with van der Waals surface area (Å²) in [6, 6.07) is 6.11. The van der Waals surface area contributed by atoms with Gasteiger partial charge >= 0.3 is 0 Å². The molecule has 0 radical (unpaired) electrons. The first kappa shape index (κ1) is 14.6. The van der Waals surface area contributed by atoms with E-state index >= 15 is 0 Å². The molecule has 1 aromatic rings. The standard InChI is InChI=1S/C15H23ClN2O/c1-19-14-10-12(8-9-13(14)16)15(18-17)11-6-4-2-3-5-7-11/h8-11,15,18H,2-7,17H2,1H3. The first-order valence-electron chi connectivity index (χ1n) is 7.06. The van der Waals surface area contributed by atoms with Gasteiger partial charge in [-0.2, -0.15) is 0 Å². The number of hydrazine groups is 1. The highest BCUT2D eigenvalue weighted by molar-refractivity contribution is 6.32. The van der Waals surface area contributed by atoms with Crippen LogP contribution in [-0.4, -0.2) is 7.11 Å². The van der Waals surface area contributed by atoms with Gasteiger partial charge in [0.15, 0.2) is 0 Å². The van der Waals surface area contributed by atoms with Crippen molar-refractivity contribution >= 4 is 11.6 Å². The quantitative estimate of drug-likeness (QED) is 0.501. The Kier molecular flexibility index (Phi) is 5.49. The predicted molar refractivity (Wildman–Crippen MR) is 79.3 cm³/mol. The maximum absolute atomic E-state index is 6.08. The van der Waals surface area contributed by atoms with Crippen LogP contribution in [0.2, 0.25) is 5.02 Å². The normalized spacial score (nSPS) is 18.9. The molecule has 1 aliphatic rings. The maximum Gasteiger partial charge on any atom is 0.137 e. The SMILES string of the molecule is COc1cc(C(NN)C2CCCCCC2)ccc1Cl. The number of methoxy groups -OCH3 is 1. The van der Waals surface area contributed by atoms with Crippen molar-refractivity contribution in [3.8, 4) is 5.75 Å². The molecule has 0 bridgehead atoms. The van der Waals surface area contributed by atoms with Crippen LogP contribution in [0.1, 0.15) is 50.1 Å². The molecule has 3 nitrogen and oxygen atoms in total. The van der Waals surface area contributed by atoms with Crippen molar-refractivity contribution in [3.05, 3.63) is 28.8 Å². The summed E-state index contributed by atoms with van der Waals surface area (Å²) in [5.41, 5.74) is 4.15. The van der Waals surface area contributed by atoms with Crippen LogP contribution in [0, 0.1) is 5.92 Å². The van der Waals surface area contributed by atoms with E-state index in [4.69, 9.17) is 22.2 Å². The van der Waals surface area contributed by atoms with Gasteiger partial charge in [0, 0.05) is 6.04 Å². The summed E-state index contributed by atoms with van der Waals surface area (Å²) in [4.78, 5) is 0. The summed E-state index contributed by atoms with van der Waals surface area (Å²) in [5.74, 6) is 7.10. The molecule has 0 spiro atoms. The molecule has 0 saturated heterocycles. The Morgan fingerprint density at radius 3 is 2.53 bits per heavy atom. The first-order valence-corrected chi connectivity index (χ1v) is 7.43. The van der Waals surface area contributed by atoms with Gasteiger partial charge < -0.3 is 4.74 Å². The van der Waals surface area contributed by atoms with Crippen LogP contribution in [0.3, 0.4) is 0 Å². The highest BCUT2D eigenvalue weighted by Crippen LogP contribution is 2.35. The summed E-state index contributed by atoms with van der Waals surface area (Å²) < 4.78 is 5.29. The third-order valence-corrected chi connectivity index (χ3v) is 4.40. The molecular formula is C15H23ClN2O. The van der Waals surface area contributed by atoms with Gasteiger partial charge in [-0.1, -0.05) is 43.4 Å². The molecule has 1 aliphatic carbocycles. The van der Waals surface area contributed by atoms with E-state index in [0.29, 0.717) is 16.7 Å². The van der Waals surface area contributed by atoms with E-state index in [1.165, 1.54) is 38.5 Å². The monoisotopic (exact) mass is 282 g/mol. The van der Waals surface area contributed by atoms with Crippen molar-refractivity contribution in [3.63, 3.8) is 0 Å². The smallest absolute Gasteiger partial charge is 0.137 e. The Balaban J connectivity index is 2.20. The van der Waals surface area contributed by atoms with E-state index in [2.05, 4.69) is 5.43 Å². The van der Waals surface area contributed by atoms with Crippen LogP contribution >= 0.6 is 11.6 Å². The van der Waals surface area contributed by atoms with Crippen molar-refractivity contribution in [1.29, 1.82) is 0 Å². The minimum atomic E-state index is 0.185. The zero-order chi connectivity index (χ0) is 13.7. The van der Waals surface area contributed by atoms with Gasteiger partial charge in [-0.15, -0.1) is 0 Å². The fraction of sp³-hybridized carbons (Fsp3) is 0.600. The molecule has 1 fully saturated rings. The van der Waals surface area contributed by atoms with Gasteiger partial charge in [0.05, 0.1) is 12.1 Å². The van der Waals surface area contributed by atoms with Crippen molar-refractivity contribution in [1.82, 2.24) is 5.43 Å². The fourth-order valence-electron chi connectivity index (χ4n) is 3.02. The molecule has 106 valence electrons. The molecule has 1 aromatic carbocycles. The fourth-order valence-corrected chi connectivity index (χ4v) is 3.21. The molecule has 19 heavy (non-hydrogen) atoms. The largest absolute Gasteiger partial charge is 0.495 e. The Bertz CT molecular complexity index is 403. The van der Waals surface area contributed by atoms with Crippen LogP contribution in [0.5, 0.6) is 5.75 Å². The average Bonchev–Trinajstić information content (AvgIpc) is 2.70. The summed E-state index contributed by atoms with van der Waals surface area (Å²) in [5, 5.41) is 0.642. The Morgan fingerprint density at radius 1 is 1.26 bits per heavy atom. The molecule has 4 heteroatoms. The zero-order valence-corrected chi connectivity index (χ0v) is 12.2. The number of benzene rings is 1. The van der Waals surface area contributed by atoms with Crippen molar-refractivity contribution < 1.29 is 4.74 Å². The number of halogens is 1. The highest BCUT2D eigenvalue weighted by Gasteiger charge is 2.23. The second-order valence-electron chi connectivity index (χ2n) is 5.29. The third kappa shape index (κ3) is 3.62. The first-order chi connectivity index (χ1) is 9.26. The van der Waals surface area contributed by atoms with Crippen molar-refractivity contribution in [2.45, 2.75) is 44.6 Å². The maximum atomic E-state index is 6.08. The van der Waals surface area contributed by atoms with E-state index in [-0.39, 0.29) is 6.04 Å². The van der Waals surface area contributed by atoms with E-state index in [1.54, 1.807) is 7.11 Å². The van der Waals surface area contributed by atoms with E-state index in [0.717, 1.165) is 5.56 Å². The Hall–Kier alpha value is -0.770. The second-order valence-corrected chi connectivity index (χ2v) is 5.70. The Labute approximate surface area is 120 Å². The van der Waals surface area contributed by atoms with Crippen molar-refractivity contribution in [2.75, 3.05) is 7.11 Å². The van der Waals surface area contributed by atoms with Gasteiger partial charge in [0.25, 0.3) is 0 Å². The number of nitrogens with one attached hydrogen (secondary N) is 1.